The minimum atomic E-state index is 0.475. The van der Waals surface area contributed by atoms with Crippen LogP contribution in [0.15, 0.2) is 0 Å². The predicted molar refractivity (Wildman–Crippen MR) is 88.0 cm³/mol. The Balaban J connectivity index is 1.76. The molecule has 0 aromatic carbocycles. The van der Waals surface area contributed by atoms with Gasteiger partial charge in [-0.25, -0.2) is 0 Å². The molecule has 19 heavy (non-hydrogen) atoms. The van der Waals surface area contributed by atoms with Gasteiger partial charge in [-0.1, -0.05) is 26.7 Å². The molecule has 2 aliphatic carbocycles. The number of rotatable bonds is 6. The van der Waals surface area contributed by atoms with Crippen LogP contribution in [0.2, 0.25) is 0 Å². The molecule has 2 fully saturated rings. The maximum Gasteiger partial charge on any atom is 0.0276 e. The molecule has 1 nitrogen and oxygen atoms in total. The van der Waals surface area contributed by atoms with Crippen molar-refractivity contribution in [1.29, 1.82) is 0 Å². The fourth-order valence-electron chi connectivity index (χ4n) is 4.25. The fraction of sp³-hybridized carbons (Fsp3) is 1.00. The second-order valence-electron chi connectivity index (χ2n) is 6.96. The molecular formula is C17H33NS. The minimum Gasteiger partial charge on any atom is -0.313 e. The molecule has 0 atom stereocenters. The van der Waals surface area contributed by atoms with Crippen molar-refractivity contribution in [3.63, 3.8) is 0 Å². The zero-order valence-electron chi connectivity index (χ0n) is 13.3. The van der Waals surface area contributed by atoms with Gasteiger partial charge in [0.2, 0.25) is 0 Å². The van der Waals surface area contributed by atoms with E-state index in [9.17, 15) is 0 Å². The second kappa shape index (κ2) is 6.85. The smallest absolute Gasteiger partial charge is 0.0276 e. The van der Waals surface area contributed by atoms with Crippen molar-refractivity contribution in [1.82, 2.24) is 5.32 Å². The second-order valence-corrected chi connectivity index (χ2v) is 8.23. The van der Waals surface area contributed by atoms with Crippen molar-refractivity contribution < 1.29 is 0 Å². The van der Waals surface area contributed by atoms with Crippen LogP contribution in [0.4, 0.5) is 0 Å². The van der Waals surface area contributed by atoms with E-state index in [0.29, 0.717) is 4.75 Å². The normalized spacial score (nSPS) is 24.2. The largest absolute Gasteiger partial charge is 0.313 e. The van der Waals surface area contributed by atoms with Gasteiger partial charge in [0.25, 0.3) is 0 Å². The van der Waals surface area contributed by atoms with E-state index in [-0.39, 0.29) is 0 Å². The van der Waals surface area contributed by atoms with Gasteiger partial charge in [-0.3, -0.25) is 0 Å². The van der Waals surface area contributed by atoms with E-state index in [4.69, 9.17) is 0 Å². The Bertz CT molecular complexity index is 248. The molecule has 0 heterocycles. The highest BCUT2D eigenvalue weighted by atomic mass is 32.2. The van der Waals surface area contributed by atoms with Gasteiger partial charge < -0.3 is 5.32 Å². The molecule has 0 radical (unpaired) electrons. The number of hydrogen-bond donors (Lipinski definition) is 1. The summed E-state index contributed by atoms with van der Waals surface area (Å²) in [5, 5.41) is 3.90. The molecule has 1 spiro atoms. The van der Waals surface area contributed by atoms with Gasteiger partial charge in [-0.15, -0.1) is 0 Å². The lowest BCUT2D eigenvalue weighted by Gasteiger charge is -2.39. The molecular weight excluding hydrogens is 250 g/mol. The molecule has 2 heteroatoms. The highest BCUT2D eigenvalue weighted by Crippen LogP contribution is 2.48. The molecule has 0 aromatic rings. The molecule has 0 saturated heterocycles. The van der Waals surface area contributed by atoms with Crippen LogP contribution >= 0.6 is 11.8 Å². The van der Waals surface area contributed by atoms with E-state index in [1.165, 1.54) is 70.8 Å². The molecule has 0 amide bonds. The Kier molecular flexibility index (Phi) is 5.65. The van der Waals surface area contributed by atoms with Crippen LogP contribution in [-0.4, -0.2) is 23.6 Å². The average Bonchev–Trinajstić information content (AvgIpc) is 2.91. The molecule has 0 bridgehead atoms. The van der Waals surface area contributed by atoms with Crippen LogP contribution in [0.3, 0.4) is 0 Å². The first-order valence-electron chi connectivity index (χ1n) is 8.46. The van der Waals surface area contributed by atoms with E-state index in [0.717, 1.165) is 11.5 Å². The van der Waals surface area contributed by atoms with Crippen molar-refractivity contribution in [2.75, 3.05) is 12.8 Å². The zero-order valence-corrected chi connectivity index (χ0v) is 14.1. The minimum absolute atomic E-state index is 0.475. The third-order valence-electron chi connectivity index (χ3n) is 6.15. The van der Waals surface area contributed by atoms with Crippen molar-refractivity contribution in [3.8, 4) is 0 Å². The van der Waals surface area contributed by atoms with Gasteiger partial charge in [0.15, 0.2) is 0 Å². The maximum atomic E-state index is 3.90. The van der Waals surface area contributed by atoms with Gasteiger partial charge in [0.05, 0.1) is 0 Å². The van der Waals surface area contributed by atoms with E-state index in [2.05, 4.69) is 37.2 Å². The molecule has 0 aromatic heterocycles. The summed E-state index contributed by atoms with van der Waals surface area (Å²) in [5.41, 5.74) is 0.782. The number of nitrogens with one attached hydrogen (secondary N) is 1. The quantitative estimate of drug-likeness (QED) is 0.736. The van der Waals surface area contributed by atoms with Crippen molar-refractivity contribution in [2.24, 2.45) is 5.41 Å². The summed E-state index contributed by atoms with van der Waals surface area (Å²) in [6.07, 6.45) is 16.8. The van der Waals surface area contributed by atoms with E-state index >= 15 is 0 Å². The monoisotopic (exact) mass is 283 g/mol. The first-order chi connectivity index (χ1) is 9.17. The van der Waals surface area contributed by atoms with Crippen LogP contribution < -0.4 is 5.32 Å². The highest BCUT2D eigenvalue weighted by molar-refractivity contribution is 8.00. The van der Waals surface area contributed by atoms with E-state index in [1.54, 1.807) is 0 Å². The summed E-state index contributed by atoms with van der Waals surface area (Å²) in [7, 11) is 0. The van der Waals surface area contributed by atoms with E-state index in [1.807, 2.05) is 0 Å². The molecule has 2 saturated carbocycles. The van der Waals surface area contributed by atoms with E-state index < -0.39 is 0 Å². The first kappa shape index (κ1) is 15.7. The van der Waals surface area contributed by atoms with Crippen molar-refractivity contribution >= 4 is 11.8 Å². The maximum absolute atomic E-state index is 3.90. The molecule has 0 unspecified atom stereocenters. The standard InChI is InChI=1S/C17H33NS/c1-4-17(5-2,19-3)14-18-15-8-12-16(13-9-15)10-6-7-11-16/h15,18H,4-14H2,1-3H3. The highest BCUT2D eigenvalue weighted by Gasteiger charge is 2.37. The van der Waals surface area contributed by atoms with Crippen molar-refractivity contribution in [3.05, 3.63) is 0 Å². The van der Waals surface area contributed by atoms with Crippen LogP contribution in [0.25, 0.3) is 0 Å². The van der Waals surface area contributed by atoms with Crippen LogP contribution in [0.1, 0.15) is 78.1 Å². The third kappa shape index (κ3) is 3.69. The van der Waals surface area contributed by atoms with Crippen molar-refractivity contribution in [2.45, 2.75) is 88.8 Å². The topological polar surface area (TPSA) is 12.0 Å². The summed E-state index contributed by atoms with van der Waals surface area (Å²) in [4.78, 5) is 0. The molecule has 112 valence electrons. The Morgan fingerprint density at radius 2 is 1.63 bits per heavy atom. The average molecular weight is 284 g/mol. The van der Waals surface area contributed by atoms with Crippen LogP contribution in [0, 0.1) is 5.41 Å². The Morgan fingerprint density at radius 3 is 2.11 bits per heavy atom. The Hall–Kier alpha value is 0.310. The van der Waals surface area contributed by atoms with Gasteiger partial charge >= 0.3 is 0 Å². The summed E-state index contributed by atoms with van der Waals surface area (Å²) in [5.74, 6) is 0. The zero-order chi connectivity index (χ0) is 13.8. The lowest BCUT2D eigenvalue weighted by Crippen LogP contribution is -2.44. The third-order valence-corrected chi connectivity index (χ3v) is 7.73. The fourth-order valence-corrected chi connectivity index (χ4v) is 5.06. The molecule has 2 aliphatic rings. The Morgan fingerprint density at radius 1 is 1.05 bits per heavy atom. The Labute approximate surface area is 124 Å². The van der Waals surface area contributed by atoms with Gasteiger partial charge in [0.1, 0.15) is 0 Å². The molecule has 2 rings (SSSR count). The van der Waals surface area contributed by atoms with Gasteiger partial charge in [-0.2, -0.15) is 11.8 Å². The molecule has 0 aliphatic heterocycles. The summed E-state index contributed by atoms with van der Waals surface area (Å²) in [6, 6.07) is 0.802. The summed E-state index contributed by atoms with van der Waals surface area (Å²) >= 11 is 2.06. The summed E-state index contributed by atoms with van der Waals surface area (Å²) in [6.45, 7) is 5.89. The SMILES string of the molecule is CCC(CC)(CNC1CCC2(CCCC2)CC1)SC. The van der Waals surface area contributed by atoms with Gasteiger partial charge in [0, 0.05) is 17.3 Å². The number of thioether (sulfide) groups is 1. The summed E-state index contributed by atoms with van der Waals surface area (Å²) < 4.78 is 0.475. The van der Waals surface area contributed by atoms with Crippen LogP contribution in [-0.2, 0) is 0 Å². The van der Waals surface area contributed by atoms with Gasteiger partial charge in [-0.05, 0) is 63.0 Å². The lowest BCUT2D eigenvalue weighted by atomic mass is 9.71. The number of hydrogen-bond acceptors (Lipinski definition) is 2. The molecule has 1 N–H and O–H groups in total. The predicted octanol–water partition coefficient (Wildman–Crippen LogP) is 5.00. The van der Waals surface area contributed by atoms with Crippen LogP contribution in [0.5, 0.6) is 0 Å². The lowest BCUT2D eigenvalue weighted by molar-refractivity contribution is 0.167. The first-order valence-corrected chi connectivity index (χ1v) is 9.68.